The van der Waals surface area contributed by atoms with E-state index in [2.05, 4.69) is 74.5 Å². The van der Waals surface area contributed by atoms with Crippen LogP contribution in [0.25, 0.3) is 32.3 Å². The minimum absolute atomic E-state index is 1.31. The summed E-state index contributed by atoms with van der Waals surface area (Å²) >= 11 is -2.64. The fourth-order valence-electron chi connectivity index (χ4n) is 5.61. The Kier molecular flexibility index (Phi) is 4.43. The van der Waals surface area contributed by atoms with Crippen molar-refractivity contribution < 1.29 is 0 Å². The second kappa shape index (κ2) is 6.81. The molecule has 0 aliphatic carbocycles. The Balaban J connectivity index is 1.95. The molecule has 0 amide bonds. The molecule has 1 heterocycles. The Labute approximate surface area is 166 Å². The average Bonchev–Trinajstić information content (AvgIpc) is 3.01. The molecule has 0 bridgehead atoms. The summed E-state index contributed by atoms with van der Waals surface area (Å²) in [4.78, 5) is 0. The molecule has 1 aliphatic rings. The monoisotopic (exact) mass is 460 g/mol. The fourth-order valence-corrected chi connectivity index (χ4v) is 22.3. The van der Waals surface area contributed by atoms with E-state index in [1.807, 2.05) is 0 Å². The van der Waals surface area contributed by atoms with Crippen molar-refractivity contribution >= 4 is 57.9 Å². The van der Waals surface area contributed by atoms with Gasteiger partial charge in [-0.05, 0) is 0 Å². The quantitative estimate of drug-likeness (QED) is 0.225. The summed E-state index contributed by atoms with van der Waals surface area (Å²) in [6.45, 7) is 4.72. The number of hydrogen-bond donors (Lipinski definition) is 0. The first-order chi connectivity index (χ1) is 13.3. The van der Waals surface area contributed by atoms with Crippen LogP contribution in [0.5, 0.6) is 0 Å². The van der Waals surface area contributed by atoms with Gasteiger partial charge in [-0.3, -0.25) is 0 Å². The number of benzene rings is 4. The first kappa shape index (κ1) is 17.5. The second-order valence-electron chi connectivity index (χ2n) is 8.29. The van der Waals surface area contributed by atoms with Gasteiger partial charge in [0.25, 0.3) is 0 Å². The normalized spacial score (nSPS) is 14.7. The Bertz CT molecular complexity index is 1060. The van der Waals surface area contributed by atoms with Gasteiger partial charge in [-0.1, -0.05) is 0 Å². The van der Waals surface area contributed by atoms with Crippen molar-refractivity contribution in [2.24, 2.45) is 0 Å². The fraction of sp³-hybridized carbons (Fsp3) is 0.308. The van der Waals surface area contributed by atoms with Crippen molar-refractivity contribution in [3.05, 3.63) is 60.7 Å². The van der Waals surface area contributed by atoms with Crippen molar-refractivity contribution in [3.63, 3.8) is 0 Å². The zero-order valence-corrected chi connectivity index (χ0v) is 19.4. The van der Waals surface area contributed by atoms with E-state index in [0.29, 0.717) is 0 Å². The van der Waals surface area contributed by atoms with E-state index in [0.717, 1.165) is 0 Å². The SMILES string of the molecule is CCC[CH2][Sn]1([CH2]CCC)[c]2cccc3c4ccccc4c4ccc[c]1c4c23. The molecule has 4 aromatic carbocycles. The predicted octanol–water partition coefficient (Wildman–Crippen LogP) is 6.62. The van der Waals surface area contributed by atoms with Crippen molar-refractivity contribution in [1.82, 2.24) is 0 Å². The van der Waals surface area contributed by atoms with Crippen LogP contribution in [0.2, 0.25) is 8.87 Å². The van der Waals surface area contributed by atoms with Crippen molar-refractivity contribution in [1.29, 1.82) is 0 Å². The molecule has 0 fully saturated rings. The topological polar surface area (TPSA) is 0 Å². The summed E-state index contributed by atoms with van der Waals surface area (Å²) in [7, 11) is 0. The van der Waals surface area contributed by atoms with E-state index in [-0.39, 0.29) is 0 Å². The summed E-state index contributed by atoms with van der Waals surface area (Å²) in [6, 6.07) is 23.6. The van der Waals surface area contributed by atoms with E-state index >= 15 is 0 Å². The van der Waals surface area contributed by atoms with Crippen LogP contribution < -0.4 is 7.16 Å². The standard InChI is InChI=1S/C18H10.2C4H9.Sn/c1-2-8-14-13(7-1)15-9-3-4-11-17(15)18-12-6-5-10-16(14)18;2*1-3-4-2;/h1-10H;2*1,3-4H2,2H3;. The minimum atomic E-state index is -2.64. The Morgan fingerprint density at radius 1 is 0.556 bits per heavy atom. The maximum absolute atomic E-state index is 2.64. The van der Waals surface area contributed by atoms with Gasteiger partial charge in [-0.15, -0.1) is 0 Å². The molecule has 1 aliphatic heterocycles. The van der Waals surface area contributed by atoms with Gasteiger partial charge >= 0.3 is 167 Å². The molecular formula is C26H28Sn. The molecule has 5 rings (SSSR count). The molecule has 0 radical (unpaired) electrons. The van der Waals surface area contributed by atoms with Crippen molar-refractivity contribution in [2.45, 2.75) is 48.4 Å². The van der Waals surface area contributed by atoms with Gasteiger partial charge in [-0.25, -0.2) is 0 Å². The van der Waals surface area contributed by atoms with Crippen LogP contribution in [0.4, 0.5) is 0 Å². The number of unbranched alkanes of at least 4 members (excludes halogenated alkanes) is 2. The van der Waals surface area contributed by atoms with Gasteiger partial charge < -0.3 is 0 Å². The summed E-state index contributed by atoms with van der Waals surface area (Å²) in [6.07, 6.45) is 5.41. The Morgan fingerprint density at radius 3 is 1.44 bits per heavy atom. The van der Waals surface area contributed by atoms with Crippen LogP contribution in [0, 0.1) is 0 Å². The predicted molar refractivity (Wildman–Crippen MR) is 123 cm³/mol. The molecule has 0 spiro atoms. The Hall–Kier alpha value is -1.54. The molecule has 0 saturated carbocycles. The van der Waals surface area contributed by atoms with E-state index in [4.69, 9.17) is 0 Å². The molecule has 27 heavy (non-hydrogen) atoms. The molecule has 0 aromatic heterocycles. The first-order valence-corrected chi connectivity index (χ1v) is 17.6. The van der Waals surface area contributed by atoms with Gasteiger partial charge in [0, 0.05) is 0 Å². The molecular weight excluding hydrogens is 431 g/mol. The van der Waals surface area contributed by atoms with Crippen molar-refractivity contribution in [2.75, 3.05) is 0 Å². The number of fused-ring (bicyclic) bond motifs is 3. The van der Waals surface area contributed by atoms with Crippen LogP contribution in [-0.2, 0) is 0 Å². The zero-order valence-electron chi connectivity index (χ0n) is 16.5. The Morgan fingerprint density at radius 2 is 1.00 bits per heavy atom. The molecule has 136 valence electrons. The molecule has 0 nitrogen and oxygen atoms in total. The van der Waals surface area contributed by atoms with E-state index in [1.54, 1.807) is 17.9 Å². The first-order valence-electron chi connectivity index (χ1n) is 10.7. The number of hydrogen-bond acceptors (Lipinski definition) is 0. The van der Waals surface area contributed by atoms with Crippen LogP contribution in [0.15, 0.2) is 60.7 Å². The molecule has 0 atom stereocenters. The molecule has 1 heteroatoms. The van der Waals surface area contributed by atoms with Gasteiger partial charge in [0.2, 0.25) is 0 Å². The molecule has 0 unspecified atom stereocenters. The summed E-state index contributed by atoms with van der Waals surface area (Å²) in [5.74, 6) is 0. The van der Waals surface area contributed by atoms with E-state index in [1.165, 1.54) is 56.1 Å². The third kappa shape index (κ3) is 2.42. The van der Waals surface area contributed by atoms with E-state index in [9.17, 15) is 0 Å². The van der Waals surface area contributed by atoms with E-state index < -0.39 is 18.4 Å². The maximum atomic E-state index is 2.53. The molecule has 4 aromatic rings. The summed E-state index contributed by atoms with van der Waals surface area (Å²) in [5.41, 5.74) is 0. The van der Waals surface area contributed by atoms with Gasteiger partial charge in [-0.2, -0.15) is 0 Å². The van der Waals surface area contributed by atoms with Gasteiger partial charge in [0.05, 0.1) is 0 Å². The second-order valence-corrected chi connectivity index (χ2v) is 20.4. The van der Waals surface area contributed by atoms with Crippen LogP contribution in [0.3, 0.4) is 0 Å². The zero-order chi connectivity index (χ0) is 18.4. The van der Waals surface area contributed by atoms with Crippen LogP contribution in [-0.4, -0.2) is 18.4 Å². The molecule has 0 N–H and O–H groups in total. The van der Waals surface area contributed by atoms with Gasteiger partial charge in [0.15, 0.2) is 0 Å². The summed E-state index contributed by atoms with van der Waals surface area (Å²) in [5, 5.41) is 9.12. The summed E-state index contributed by atoms with van der Waals surface area (Å²) < 4.78 is 6.57. The average molecular weight is 459 g/mol. The third-order valence-corrected chi connectivity index (χ3v) is 22.0. The van der Waals surface area contributed by atoms with Gasteiger partial charge in [0.1, 0.15) is 0 Å². The van der Waals surface area contributed by atoms with Crippen LogP contribution in [0.1, 0.15) is 39.5 Å². The number of rotatable bonds is 6. The van der Waals surface area contributed by atoms with Crippen molar-refractivity contribution in [3.8, 4) is 0 Å². The molecule has 0 saturated heterocycles. The third-order valence-electron chi connectivity index (χ3n) is 6.83. The van der Waals surface area contributed by atoms with Crippen LogP contribution >= 0.6 is 0 Å².